The van der Waals surface area contributed by atoms with Gasteiger partial charge in [0.1, 0.15) is 15.4 Å². The first-order chi connectivity index (χ1) is 10.8. The molecule has 3 unspecified atom stereocenters. The van der Waals surface area contributed by atoms with Gasteiger partial charge in [-0.2, -0.15) is 0 Å². The van der Waals surface area contributed by atoms with E-state index < -0.39 is 20.8 Å². The van der Waals surface area contributed by atoms with Crippen LogP contribution >= 0.6 is 0 Å². The molecule has 0 amide bonds. The molecule has 0 saturated heterocycles. The normalized spacial score (nSPS) is 31.1. The number of ketones is 2. The summed E-state index contributed by atoms with van der Waals surface area (Å²) in [5.41, 5.74) is -0.994. The average molecular weight is 379 g/mol. The van der Waals surface area contributed by atoms with Crippen LogP contribution in [0.2, 0.25) is 0 Å². The topological polar surface area (TPSA) is 91.3 Å². The third-order valence-corrected chi connectivity index (χ3v) is 7.83. The summed E-state index contributed by atoms with van der Waals surface area (Å²) in [7, 11) is -4.19. The molecule has 5 nitrogen and oxygen atoms in total. The Morgan fingerprint density at radius 3 is 2.12 bits per heavy atom. The van der Waals surface area contributed by atoms with Gasteiger partial charge in [0.25, 0.3) is 0 Å². The molecule has 24 heavy (non-hydrogen) atoms. The highest BCUT2D eigenvalue weighted by atomic mass is 32.2. The van der Waals surface area contributed by atoms with Gasteiger partial charge in [-0.1, -0.05) is 27.7 Å². The van der Waals surface area contributed by atoms with Crippen molar-refractivity contribution < 1.29 is 22.6 Å². The molecule has 0 aromatic heterocycles. The van der Waals surface area contributed by atoms with Crippen LogP contribution in [0.5, 0.6) is 0 Å². The molecule has 0 aromatic carbocycles. The van der Waals surface area contributed by atoms with E-state index >= 15 is 0 Å². The molecule has 2 rings (SSSR count). The molecule has 0 aromatic rings. The molecule has 2 saturated carbocycles. The van der Waals surface area contributed by atoms with Crippen LogP contribution in [-0.4, -0.2) is 48.1 Å². The van der Waals surface area contributed by atoms with E-state index in [9.17, 15) is 22.6 Å². The maximum atomic E-state index is 12.0. The largest absolute Gasteiger partial charge is 0.747 e. The van der Waals surface area contributed by atoms with Crippen molar-refractivity contribution in [3.05, 3.63) is 0 Å². The second kappa shape index (κ2) is 7.46. The van der Waals surface area contributed by atoms with Crippen LogP contribution in [0.4, 0.5) is 0 Å². The van der Waals surface area contributed by atoms with Crippen LogP contribution in [0.3, 0.4) is 0 Å². The Hall–Kier alpha value is -0.400. The number of Topliss-reactive ketones (excluding diaryl/α,β-unsaturated/α-hetero) is 2. The van der Waals surface area contributed by atoms with Gasteiger partial charge in [-0.25, -0.2) is 8.42 Å². The molecular formula is C17H30O5S2. The van der Waals surface area contributed by atoms with Crippen LogP contribution in [0.15, 0.2) is 0 Å². The van der Waals surface area contributed by atoms with E-state index in [0.717, 1.165) is 18.6 Å². The minimum absolute atomic E-state index is 0.294. The highest BCUT2D eigenvalue weighted by Crippen LogP contribution is 2.64. The minimum Gasteiger partial charge on any atom is -0.747 e. The zero-order chi connectivity index (χ0) is 18.9. The SMILES string of the molecule is CC12CCC(C(S(=O)(=O)[O-])C1=O)C2(C)C.CCCC(=O)C[S+](C)C. The van der Waals surface area contributed by atoms with E-state index in [0.29, 0.717) is 29.5 Å². The summed E-state index contributed by atoms with van der Waals surface area (Å²) in [6.07, 6.45) is 7.35. The van der Waals surface area contributed by atoms with Crippen molar-refractivity contribution in [1.29, 1.82) is 0 Å². The molecule has 7 heteroatoms. The lowest BCUT2D eigenvalue weighted by Crippen LogP contribution is -2.38. The van der Waals surface area contributed by atoms with Crippen LogP contribution < -0.4 is 0 Å². The second-order valence-corrected chi connectivity index (χ2v) is 11.6. The maximum absolute atomic E-state index is 12.0. The van der Waals surface area contributed by atoms with Gasteiger partial charge in [0.2, 0.25) is 0 Å². The van der Waals surface area contributed by atoms with Crippen molar-refractivity contribution in [1.82, 2.24) is 0 Å². The van der Waals surface area contributed by atoms with Crippen LogP contribution in [0, 0.1) is 16.7 Å². The molecule has 0 spiro atoms. The molecule has 140 valence electrons. The maximum Gasteiger partial charge on any atom is 0.181 e. The number of hydrogen-bond acceptors (Lipinski definition) is 5. The Balaban J connectivity index is 0.000000277. The van der Waals surface area contributed by atoms with E-state index in [1.165, 1.54) is 0 Å². The summed E-state index contributed by atoms with van der Waals surface area (Å²) in [5, 5.41) is -1.30. The number of hydrogen-bond donors (Lipinski definition) is 0. The van der Waals surface area contributed by atoms with E-state index in [4.69, 9.17) is 0 Å². The molecule has 0 radical (unpaired) electrons. The monoisotopic (exact) mass is 378 g/mol. The van der Waals surface area contributed by atoms with Crippen molar-refractivity contribution in [2.24, 2.45) is 16.7 Å². The van der Waals surface area contributed by atoms with Gasteiger partial charge in [0.05, 0.1) is 12.5 Å². The van der Waals surface area contributed by atoms with Gasteiger partial charge in [-0.15, -0.1) is 0 Å². The number of carbonyl (C=O) groups excluding carboxylic acids is 2. The van der Waals surface area contributed by atoms with E-state index in [1.807, 2.05) is 20.8 Å². The first-order valence-electron chi connectivity index (χ1n) is 8.34. The Kier molecular flexibility index (Phi) is 6.73. The molecule has 0 aliphatic heterocycles. The summed E-state index contributed by atoms with van der Waals surface area (Å²) in [5.74, 6) is 0.551. The predicted molar refractivity (Wildman–Crippen MR) is 97.1 cm³/mol. The zero-order valence-electron chi connectivity index (χ0n) is 15.5. The van der Waals surface area contributed by atoms with Crippen LogP contribution in [0.1, 0.15) is 53.4 Å². The number of fused-ring (bicyclic) bond motifs is 2. The second-order valence-electron chi connectivity index (χ2n) is 7.90. The van der Waals surface area contributed by atoms with Crippen molar-refractivity contribution >= 4 is 32.6 Å². The molecule has 2 fully saturated rings. The summed E-state index contributed by atoms with van der Waals surface area (Å²) in [4.78, 5) is 22.8. The van der Waals surface area contributed by atoms with Gasteiger partial charge >= 0.3 is 0 Å². The standard InChI is InChI=1S/C10H16O4S.C7H15OS/c1-9(2)6-4-5-10(9,3)8(11)7(6)15(12,13)14;1-4-5-7(8)6-9(2)3/h6-7H,4-5H2,1-3H3,(H,12,13,14);4-6H2,1-3H3/q;+1/p-1. The highest BCUT2D eigenvalue weighted by molar-refractivity contribution is 7.96. The molecule has 0 heterocycles. The van der Waals surface area contributed by atoms with Crippen molar-refractivity contribution in [2.75, 3.05) is 18.3 Å². The lowest BCUT2D eigenvalue weighted by atomic mass is 9.70. The van der Waals surface area contributed by atoms with Gasteiger partial charge in [0.15, 0.2) is 17.3 Å². The third kappa shape index (κ3) is 4.05. The fourth-order valence-electron chi connectivity index (χ4n) is 4.01. The van der Waals surface area contributed by atoms with Crippen molar-refractivity contribution in [3.8, 4) is 0 Å². The lowest BCUT2D eigenvalue weighted by molar-refractivity contribution is -0.128. The van der Waals surface area contributed by atoms with Crippen molar-refractivity contribution in [3.63, 3.8) is 0 Å². The highest BCUT2D eigenvalue weighted by Gasteiger charge is 2.67. The van der Waals surface area contributed by atoms with Crippen molar-refractivity contribution in [2.45, 2.75) is 58.6 Å². The average Bonchev–Trinajstić information content (AvgIpc) is 2.69. The van der Waals surface area contributed by atoms with Gasteiger partial charge in [-0.05, 0) is 41.5 Å². The van der Waals surface area contributed by atoms with Crippen LogP contribution in [0.25, 0.3) is 0 Å². The summed E-state index contributed by atoms with van der Waals surface area (Å²) < 4.78 is 33.3. The quantitative estimate of drug-likeness (QED) is 0.540. The third-order valence-electron chi connectivity index (χ3n) is 5.76. The van der Waals surface area contributed by atoms with E-state index in [1.54, 1.807) is 6.92 Å². The summed E-state index contributed by atoms with van der Waals surface area (Å²) in [6, 6.07) is 0. The molecule has 2 bridgehead atoms. The predicted octanol–water partition coefficient (Wildman–Crippen LogP) is 2.16. The first kappa shape index (κ1) is 21.6. The Labute approximate surface area is 149 Å². The molecule has 3 atom stereocenters. The Morgan fingerprint density at radius 1 is 1.29 bits per heavy atom. The van der Waals surface area contributed by atoms with E-state index in [-0.39, 0.29) is 17.1 Å². The molecule has 0 N–H and O–H groups in total. The minimum atomic E-state index is -4.49. The van der Waals surface area contributed by atoms with Crippen LogP contribution in [-0.2, 0) is 30.6 Å². The molecule has 2 aliphatic rings. The lowest BCUT2D eigenvalue weighted by Gasteiger charge is -2.32. The fraction of sp³-hybridized carbons (Fsp3) is 0.882. The molecular weight excluding hydrogens is 348 g/mol. The number of carbonyl (C=O) groups is 2. The summed E-state index contributed by atoms with van der Waals surface area (Å²) in [6.45, 7) is 7.63. The Bertz CT molecular complexity index is 594. The van der Waals surface area contributed by atoms with E-state index in [2.05, 4.69) is 12.5 Å². The van der Waals surface area contributed by atoms with Gasteiger partial charge in [-0.3, -0.25) is 9.59 Å². The molecule has 2 aliphatic carbocycles. The van der Waals surface area contributed by atoms with Gasteiger partial charge in [0, 0.05) is 11.8 Å². The fourth-order valence-corrected chi connectivity index (χ4v) is 6.20. The van der Waals surface area contributed by atoms with Gasteiger partial charge < -0.3 is 4.55 Å². The number of rotatable bonds is 5. The first-order valence-corrected chi connectivity index (χ1v) is 12.0. The zero-order valence-corrected chi connectivity index (χ0v) is 17.2. The summed E-state index contributed by atoms with van der Waals surface area (Å²) >= 11 is 0. The Morgan fingerprint density at radius 2 is 1.83 bits per heavy atom. The smallest absolute Gasteiger partial charge is 0.181 e.